The number of piperidine rings is 1. The molecule has 8 heteroatoms. The zero-order valence-electron chi connectivity index (χ0n) is 16.6. The Kier molecular flexibility index (Phi) is 6.31. The van der Waals surface area contributed by atoms with E-state index >= 15 is 0 Å². The first kappa shape index (κ1) is 21.7. The van der Waals surface area contributed by atoms with Gasteiger partial charge in [0.2, 0.25) is 10.0 Å². The van der Waals surface area contributed by atoms with Crippen molar-refractivity contribution in [2.75, 3.05) is 18.4 Å². The predicted octanol–water partition coefficient (Wildman–Crippen LogP) is 4.71. The van der Waals surface area contributed by atoms with Gasteiger partial charge in [-0.25, -0.2) is 12.8 Å². The first-order valence-electron chi connectivity index (χ1n) is 9.45. The normalized spacial score (nSPS) is 20.4. The second-order valence-corrected chi connectivity index (χ2v) is 10.1. The van der Waals surface area contributed by atoms with E-state index in [1.807, 2.05) is 13.8 Å². The lowest BCUT2D eigenvalue weighted by atomic mass is 9.94. The van der Waals surface area contributed by atoms with Crippen LogP contribution in [0.5, 0.6) is 0 Å². The summed E-state index contributed by atoms with van der Waals surface area (Å²) in [4.78, 5) is 12.6. The van der Waals surface area contributed by atoms with E-state index in [4.69, 9.17) is 11.6 Å². The van der Waals surface area contributed by atoms with Crippen molar-refractivity contribution < 1.29 is 17.6 Å². The molecule has 0 bridgehead atoms. The number of sulfonamides is 1. The molecule has 1 aliphatic rings. The van der Waals surface area contributed by atoms with Crippen LogP contribution in [0.25, 0.3) is 0 Å². The van der Waals surface area contributed by atoms with E-state index < -0.39 is 21.7 Å². The molecule has 0 saturated carbocycles. The second kappa shape index (κ2) is 8.42. The summed E-state index contributed by atoms with van der Waals surface area (Å²) < 4.78 is 41.9. The number of halogens is 2. The summed E-state index contributed by atoms with van der Waals surface area (Å²) in [5, 5.41) is 3.07. The van der Waals surface area contributed by atoms with E-state index in [0.717, 1.165) is 18.6 Å². The summed E-state index contributed by atoms with van der Waals surface area (Å²) in [5.41, 5.74) is 0.750. The Morgan fingerprint density at radius 3 is 2.48 bits per heavy atom. The number of benzene rings is 2. The third-order valence-corrected chi connectivity index (χ3v) is 7.41. The monoisotopic (exact) mass is 438 g/mol. The zero-order valence-corrected chi connectivity index (χ0v) is 18.1. The molecule has 1 saturated heterocycles. The van der Waals surface area contributed by atoms with Crippen LogP contribution in [-0.4, -0.2) is 31.7 Å². The van der Waals surface area contributed by atoms with E-state index in [0.29, 0.717) is 29.4 Å². The molecular formula is C21H24ClFN2O3S. The molecule has 0 aliphatic carbocycles. The Morgan fingerprint density at radius 1 is 1.17 bits per heavy atom. The topological polar surface area (TPSA) is 66.5 Å². The van der Waals surface area contributed by atoms with Crippen LogP contribution in [0.2, 0.25) is 5.02 Å². The molecule has 1 heterocycles. The molecule has 1 aliphatic heterocycles. The molecular weight excluding hydrogens is 415 g/mol. The van der Waals surface area contributed by atoms with Crippen LogP contribution in [0.15, 0.2) is 41.3 Å². The van der Waals surface area contributed by atoms with E-state index in [9.17, 15) is 17.6 Å². The number of nitrogens with one attached hydrogen (secondary N) is 1. The van der Waals surface area contributed by atoms with Crippen molar-refractivity contribution in [1.82, 2.24) is 4.31 Å². The number of rotatable bonds is 4. The molecule has 1 fully saturated rings. The Balaban J connectivity index is 1.91. The molecule has 29 heavy (non-hydrogen) atoms. The highest BCUT2D eigenvalue weighted by atomic mass is 35.5. The van der Waals surface area contributed by atoms with Gasteiger partial charge in [0.25, 0.3) is 5.91 Å². The molecule has 0 radical (unpaired) electrons. The summed E-state index contributed by atoms with van der Waals surface area (Å²) in [5.74, 6) is -1.04. The van der Waals surface area contributed by atoms with Crippen LogP contribution in [0.4, 0.5) is 10.1 Å². The van der Waals surface area contributed by atoms with Crippen LogP contribution in [0, 0.1) is 24.6 Å². The average Bonchev–Trinajstić information content (AvgIpc) is 2.64. The third kappa shape index (κ3) is 4.63. The highest BCUT2D eigenvalue weighted by Gasteiger charge is 2.32. The van der Waals surface area contributed by atoms with Crippen molar-refractivity contribution in [3.63, 3.8) is 0 Å². The van der Waals surface area contributed by atoms with Crippen molar-refractivity contribution in [3.8, 4) is 0 Å². The van der Waals surface area contributed by atoms with Gasteiger partial charge in [-0.2, -0.15) is 4.31 Å². The van der Waals surface area contributed by atoms with Crippen molar-refractivity contribution in [3.05, 3.63) is 58.4 Å². The quantitative estimate of drug-likeness (QED) is 0.751. The Morgan fingerprint density at radius 2 is 1.83 bits per heavy atom. The number of carbonyl (C=O) groups is 1. The van der Waals surface area contributed by atoms with Crippen LogP contribution in [0.1, 0.15) is 36.2 Å². The third-order valence-electron chi connectivity index (χ3n) is 5.17. The molecule has 2 aromatic carbocycles. The maximum absolute atomic E-state index is 14.4. The highest BCUT2D eigenvalue weighted by molar-refractivity contribution is 7.89. The van der Waals surface area contributed by atoms with Crippen molar-refractivity contribution in [2.45, 2.75) is 32.1 Å². The molecule has 156 valence electrons. The van der Waals surface area contributed by atoms with Crippen molar-refractivity contribution >= 4 is 33.2 Å². The van der Waals surface area contributed by atoms with Gasteiger partial charge in [0.1, 0.15) is 5.82 Å². The number of carbonyl (C=O) groups excluding carboxylic acids is 1. The van der Waals surface area contributed by atoms with Gasteiger partial charge in [-0.1, -0.05) is 31.5 Å². The maximum atomic E-state index is 14.4. The molecule has 2 aromatic rings. The summed E-state index contributed by atoms with van der Waals surface area (Å²) in [6.45, 7) is 6.57. The molecule has 5 nitrogen and oxygen atoms in total. The van der Waals surface area contributed by atoms with Gasteiger partial charge in [0.15, 0.2) is 0 Å². The fourth-order valence-corrected chi connectivity index (χ4v) is 5.60. The van der Waals surface area contributed by atoms with Crippen LogP contribution in [-0.2, 0) is 10.0 Å². The lowest BCUT2D eigenvalue weighted by Gasteiger charge is -2.34. The molecule has 0 spiro atoms. The number of anilines is 1. The van der Waals surface area contributed by atoms with Crippen molar-refractivity contribution in [1.29, 1.82) is 0 Å². The first-order chi connectivity index (χ1) is 13.6. The minimum atomic E-state index is -3.82. The van der Waals surface area contributed by atoms with Gasteiger partial charge in [-0.05, 0) is 61.1 Å². The SMILES string of the molecule is Cc1c(Cl)cccc1NC(=O)c1cc(S(=O)(=O)N2CC(C)CC(C)C2)ccc1F. The van der Waals surface area contributed by atoms with E-state index in [1.54, 1.807) is 25.1 Å². The minimum absolute atomic E-state index is 0.0897. The molecule has 2 unspecified atom stereocenters. The largest absolute Gasteiger partial charge is 0.322 e. The second-order valence-electron chi connectivity index (χ2n) is 7.78. The van der Waals surface area contributed by atoms with Gasteiger partial charge in [0, 0.05) is 23.8 Å². The van der Waals surface area contributed by atoms with Crippen LogP contribution in [0.3, 0.4) is 0 Å². The number of hydrogen-bond donors (Lipinski definition) is 1. The molecule has 3 rings (SSSR count). The number of amides is 1. The lowest BCUT2D eigenvalue weighted by Crippen LogP contribution is -2.42. The van der Waals surface area contributed by atoms with Crippen LogP contribution < -0.4 is 5.32 Å². The number of nitrogens with zero attached hydrogens (tertiary/aromatic N) is 1. The smallest absolute Gasteiger partial charge is 0.258 e. The maximum Gasteiger partial charge on any atom is 0.258 e. The highest BCUT2D eigenvalue weighted by Crippen LogP contribution is 2.28. The van der Waals surface area contributed by atoms with Gasteiger partial charge < -0.3 is 5.32 Å². The number of hydrogen-bond acceptors (Lipinski definition) is 3. The summed E-state index contributed by atoms with van der Waals surface area (Å²) in [6, 6.07) is 8.32. The van der Waals surface area contributed by atoms with E-state index in [2.05, 4.69) is 5.32 Å². The lowest BCUT2D eigenvalue weighted by molar-refractivity contribution is 0.102. The Hall–Kier alpha value is -1.96. The van der Waals surface area contributed by atoms with Crippen molar-refractivity contribution in [2.24, 2.45) is 11.8 Å². The Bertz CT molecular complexity index is 1030. The average molecular weight is 439 g/mol. The molecule has 2 atom stereocenters. The van der Waals surface area contributed by atoms with E-state index in [-0.39, 0.29) is 22.3 Å². The van der Waals surface area contributed by atoms with Gasteiger partial charge in [-0.3, -0.25) is 4.79 Å². The zero-order chi connectivity index (χ0) is 21.3. The van der Waals surface area contributed by atoms with Gasteiger partial charge >= 0.3 is 0 Å². The summed E-state index contributed by atoms with van der Waals surface area (Å²) in [7, 11) is -3.82. The summed E-state index contributed by atoms with van der Waals surface area (Å²) in [6.07, 6.45) is 0.960. The predicted molar refractivity (Wildman–Crippen MR) is 112 cm³/mol. The molecule has 1 N–H and O–H groups in total. The molecule has 1 amide bonds. The minimum Gasteiger partial charge on any atom is -0.322 e. The van der Waals surface area contributed by atoms with E-state index in [1.165, 1.54) is 10.4 Å². The first-order valence-corrected chi connectivity index (χ1v) is 11.3. The fourth-order valence-electron chi connectivity index (χ4n) is 3.72. The molecule has 0 aromatic heterocycles. The summed E-state index contributed by atoms with van der Waals surface area (Å²) >= 11 is 6.06. The fraction of sp³-hybridized carbons (Fsp3) is 0.381. The Labute approximate surface area is 175 Å². The van der Waals surface area contributed by atoms with Crippen LogP contribution >= 0.6 is 11.6 Å². The van der Waals surface area contributed by atoms with Gasteiger partial charge in [-0.15, -0.1) is 0 Å². The van der Waals surface area contributed by atoms with Gasteiger partial charge in [0.05, 0.1) is 10.5 Å². The standard InChI is InChI=1S/C21H24ClFN2O3S/c1-13-9-14(2)12-25(11-13)29(27,28)16-7-8-19(23)17(10-16)21(26)24-20-6-4-5-18(22)15(20)3/h4-8,10,13-14H,9,11-12H2,1-3H3,(H,24,26).